The Kier molecular flexibility index (Phi) is 8.63. The number of rotatable bonds is 9. The van der Waals surface area contributed by atoms with Gasteiger partial charge in [0.15, 0.2) is 5.96 Å². The van der Waals surface area contributed by atoms with E-state index in [1.54, 1.807) is 0 Å². The molecule has 0 aromatic carbocycles. The van der Waals surface area contributed by atoms with Gasteiger partial charge in [0, 0.05) is 31.1 Å². The molecule has 0 fully saturated rings. The summed E-state index contributed by atoms with van der Waals surface area (Å²) < 4.78 is 0. The molecule has 1 unspecified atom stereocenters. The van der Waals surface area contributed by atoms with Crippen LogP contribution in [0.5, 0.6) is 0 Å². The molecule has 1 atom stereocenters. The zero-order valence-corrected chi connectivity index (χ0v) is 16.5. The third-order valence-corrected chi connectivity index (χ3v) is 4.40. The second kappa shape index (κ2) is 9.93. The summed E-state index contributed by atoms with van der Waals surface area (Å²) in [4.78, 5) is 8.45. The first kappa shape index (κ1) is 20.0. The summed E-state index contributed by atoms with van der Waals surface area (Å²) >= 11 is 1.84. The smallest absolute Gasteiger partial charge is 0.191 e. The van der Waals surface area contributed by atoms with Crippen molar-refractivity contribution in [3.63, 3.8) is 0 Å². The molecule has 23 heavy (non-hydrogen) atoms. The van der Waals surface area contributed by atoms with Crippen molar-refractivity contribution in [3.05, 3.63) is 22.4 Å². The van der Waals surface area contributed by atoms with Gasteiger partial charge in [-0.2, -0.15) is 0 Å². The van der Waals surface area contributed by atoms with E-state index in [-0.39, 0.29) is 5.41 Å². The number of thiophene rings is 1. The van der Waals surface area contributed by atoms with E-state index in [1.807, 2.05) is 11.3 Å². The Hall–Kier alpha value is -1.07. The van der Waals surface area contributed by atoms with Gasteiger partial charge in [0.1, 0.15) is 0 Å². The van der Waals surface area contributed by atoms with Gasteiger partial charge >= 0.3 is 0 Å². The Morgan fingerprint density at radius 3 is 2.65 bits per heavy atom. The average Bonchev–Trinajstić information content (AvgIpc) is 2.93. The van der Waals surface area contributed by atoms with Crippen molar-refractivity contribution in [1.29, 1.82) is 0 Å². The van der Waals surface area contributed by atoms with Gasteiger partial charge in [-0.05, 0) is 50.2 Å². The normalized spacial score (nSPS) is 14.1. The Morgan fingerprint density at radius 2 is 2.09 bits per heavy atom. The van der Waals surface area contributed by atoms with Gasteiger partial charge in [-0.3, -0.25) is 4.99 Å². The Balaban J connectivity index is 2.48. The SMILES string of the molecule is CCNC(=NCC(C)(C)CN(C)C)NCC(C)Cc1cccs1. The Bertz CT molecular complexity index is 452. The summed E-state index contributed by atoms with van der Waals surface area (Å²) in [5.41, 5.74) is 0.175. The molecule has 0 saturated carbocycles. The van der Waals surface area contributed by atoms with Crippen LogP contribution in [0, 0.1) is 11.3 Å². The van der Waals surface area contributed by atoms with Crippen LogP contribution >= 0.6 is 11.3 Å². The van der Waals surface area contributed by atoms with Crippen LogP contribution in [0.2, 0.25) is 0 Å². The first-order chi connectivity index (χ1) is 10.8. The van der Waals surface area contributed by atoms with Crippen LogP contribution in [0.4, 0.5) is 0 Å². The average molecular weight is 339 g/mol. The molecule has 5 heteroatoms. The minimum absolute atomic E-state index is 0.175. The summed E-state index contributed by atoms with van der Waals surface area (Å²) in [6.07, 6.45) is 1.12. The van der Waals surface area contributed by atoms with E-state index < -0.39 is 0 Å². The molecule has 2 N–H and O–H groups in total. The summed E-state index contributed by atoms with van der Waals surface area (Å²) in [5.74, 6) is 1.52. The third-order valence-electron chi connectivity index (χ3n) is 3.50. The quantitative estimate of drug-likeness (QED) is 0.537. The minimum Gasteiger partial charge on any atom is -0.357 e. The molecular weight excluding hydrogens is 304 g/mol. The van der Waals surface area contributed by atoms with E-state index in [4.69, 9.17) is 4.99 Å². The van der Waals surface area contributed by atoms with Crippen LogP contribution in [0.25, 0.3) is 0 Å². The molecule has 1 aromatic heterocycles. The third kappa shape index (κ3) is 8.96. The number of nitrogens with zero attached hydrogens (tertiary/aromatic N) is 2. The fourth-order valence-electron chi connectivity index (χ4n) is 2.66. The van der Waals surface area contributed by atoms with E-state index in [2.05, 4.69) is 74.8 Å². The highest BCUT2D eigenvalue weighted by Crippen LogP contribution is 2.16. The van der Waals surface area contributed by atoms with Crippen LogP contribution in [0.1, 0.15) is 32.6 Å². The fourth-order valence-corrected chi connectivity index (χ4v) is 3.53. The highest BCUT2D eigenvalue weighted by atomic mass is 32.1. The standard InChI is InChI=1S/C18H34N4S/c1-7-19-17(21-13-18(3,4)14-22(5)6)20-12-15(2)11-16-9-8-10-23-16/h8-10,15H,7,11-14H2,1-6H3,(H2,19,20,21). The molecule has 4 nitrogen and oxygen atoms in total. The van der Waals surface area contributed by atoms with E-state index >= 15 is 0 Å². The van der Waals surface area contributed by atoms with Crippen LogP contribution < -0.4 is 10.6 Å². The lowest BCUT2D eigenvalue weighted by Crippen LogP contribution is -2.41. The molecule has 0 aliphatic rings. The first-order valence-electron chi connectivity index (χ1n) is 8.51. The summed E-state index contributed by atoms with van der Waals surface area (Å²) in [6, 6.07) is 4.34. The molecule has 0 aliphatic heterocycles. The van der Waals surface area contributed by atoms with Crippen molar-refractivity contribution in [2.45, 2.75) is 34.1 Å². The monoisotopic (exact) mass is 338 g/mol. The molecule has 132 valence electrons. The number of nitrogens with one attached hydrogen (secondary N) is 2. The molecule has 0 amide bonds. The van der Waals surface area contributed by atoms with E-state index in [0.717, 1.165) is 38.6 Å². The second-order valence-corrected chi connectivity index (χ2v) is 8.40. The van der Waals surface area contributed by atoms with Crippen LogP contribution in [-0.2, 0) is 6.42 Å². The topological polar surface area (TPSA) is 39.7 Å². The molecule has 0 aliphatic carbocycles. The molecule has 0 saturated heterocycles. The molecule has 0 spiro atoms. The number of hydrogen-bond donors (Lipinski definition) is 2. The van der Waals surface area contributed by atoms with Gasteiger partial charge in [0.05, 0.1) is 0 Å². The van der Waals surface area contributed by atoms with Crippen molar-refractivity contribution in [3.8, 4) is 0 Å². The van der Waals surface area contributed by atoms with Gasteiger partial charge in [-0.25, -0.2) is 0 Å². The lowest BCUT2D eigenvalue weighted by molar-refractivity contribution is 0.248. The summed E-state index contributed by atoms with van der Waals surface area (Å²) in [7, 11) is 4.22. The van der Waals surface area contributed by atoms with Crippen molar-refractivity contribution in [2.24, 2.45) is 16.3 Å². The molecule has 0 bridgehead atoms. The van der Waals surface area contributed by atoms with E-state index in [9.17, 15) is 0 Å². The fraction of sp³-hybridized carbons (Fsp3) is 0.722. The van der Waals surface area contributed by atoms with E-state index in [0.29, 0.717) is 5.92 Å². The van der Waals surface area contributed by atoms with Gasteiger partial charge < -0.3 is 15.5 Å². The Morgan fingerprint density at radius 1 is 1.35 bits per heavy atom. The maximum atomic E-state index is 4.78. The van der Waals surface area contributed by atoms with Crippen molar-refractivity contribution >= 4 is 17.3 Å². The van der Waals surface area contributed by atoms with Gasteiger partial charge in [-0.15, -0.1) is 11.3 Å². The van der Waals surface area contributed by atoms with Gasteiger partial charge in [0.2, 0.25) is 0 Å². The van der Waals surface area contributed by atoms with Crippen molar-refractivity contribution in [1.82, 2.24) is 15.5 Å². The molecule has 1 heterocycles. The molecular formula is C18H34N4S. The highest BCUT2D eigenvalue weighted by Gasteiger charge is 2.18. The van der Waals surface area contributed by atoms with Gasteiger partial charge in [-0.1, -0.05) is 26.8 Å². The zero-order chi connectivity index (χ0) is 17.3. The van der Waals surface area contributed by atoms with Crippen LogP contribution in [-0.4, -0.2) is 51.1 Å². The van der Waals surface area contributed by atoms with Crippen LogP contribution in [0.3, 0.4) is 0 Å². The number of hydrogen-bond acceptors (Lipinski definition) is 3. The maximum absolute atomic E-state index is 4.78. The minimum atomic E-state index is 0.175. The summed E-state index contributed by atoms with van der Waals surface area (Å²) in [6.45, 7) is 12.6. The van der Waals surface area contributed by atoms with E-state index in [1.165, 1.54) is 4.88 Å². The second-order valence-electron chi connectivity index (χ2n) is 7.37. The van der Waals surface area contributed by atoms with Gasteiger partial charge in [0.25, 0.3) is 0 Å². The lowest BCUT2D eigenvalue weighted by atomic mass is 9.93. The molecule has 1 aromatic rings. The van der Waals surface area contributed by atoms with Crippen molar-refractivity contribution < 1.29 is 0 Å². The highest BCUT2D eigenvalue weighted by molar-refractivity contribution is 7.09. The largest absolute Gasteiger partial charge is 0.357 e. The Labute approximate surface area is 146 Å². The van der Waals surface area contributed by atoms with Crippen molar-refractivity contribution in [2.75, 3.05) is 40.3 Å². The summed E-state index contributed by atoms with van der Waals surface area (Å²) in [5, 5.41) is 8.99. The lowest BCUT2D eigenvalue weighted by Gasteiger charge is -2.27. The predicted octanol–water partition coefficient (Wildman–Crippen LogP) is 3.07. The molecule has 1 rings (SSSR count). The number of guanidine groups is 1. The molecule has 0 radical (unpaired) electrons. The maximum Gasteiger partial charge on any atom is 0.191 e. The zero-order valence-electron chi connectivity index (χ0n) is 15.6. The first-order valence-corrected chi connectivity index (χ1v) is 9.39. The number of aliphatic imine (C=N–C) groups is 1. The predicted molar refractivity (Wildman–Crippen MR) is 104 cm³/mol. The van der Waals surface area contributed by atoms with Crippen LogP contribution in [0.15, 0.2) is 22.5 Å².